The molecule has 0 N–H and O–H groups in total. The van der Waals surface area contributed by atoms with E-state index in [9.17, 15) is 14.7 Å². The predicted molar refractivity (Wildman–Crippen MR) is 74.4 cm³/mol. The molecular formula is C16H21O4-. The van der Waals surface area contributed by atoms with E-state index in [4.69, 9.17) is 4.74 Å². The lowest BCUT2D eigenvalue weighted by Gasteiger charge is -2.06. The number of hydrogen-bond acceptors (Lipinski definition) is 4. The van der Waals surface area contributed by atoms with Crippen LogP contribution >= 0.6 is 0 Å². The Morgan fingerprint density at radius 1 is 0.950 bits per heavy atom. The molecule has 4 heteroatoms. The third-order valence-corrected chi connectivity index (χ3v) is 3.09. The van der Waals surface area contributed by atoms with Crippen LogP contribution in [0.2, 0.25) is 0 Å². The van der Waals surface area contributed by atoms with Gasteiger partial charge in [-0.2, -0.15) is 0 Å². The van der Waals surface area contributed by atoms with Crippen LogP contribution in [0.3, 0.4) is 0 Å². The molecular weight excluding hydrogens is 256 g/mol. The summed E-state index contributed by atoms with van der Waals surface area (Å²) in [5.41, 5.74) is 0.415. The molecule has 0 aliphatic rings. The van der Waals surface area contributed by atoms with Crippen LogP contribution in [-0.4, -0.2) is 18.5 Å². The first-order valence-electron chi connectivity index (χ1n) is 7.13. The molecule has 110 valence electrons. The topological polar surface area (TPSA) is 66.4 Å². The van der Waals surface area contributed by atoms with Crippen LogP contribution < -0.4 is 5.11 Å². The van der Waals surface area contributed by atoms with Gasteiger partial charge in [0.15, 0.2) is 0 Å². The van der Waals surface area contributed by atoms with Crippen molar-refractivity contribution >= 4 is 11.9 Å². The van der Waals surface area contributed by atoms with Crippen LogP contribution in [0.5, 0.6) is 0 Å². The standard InChI is InChI=1S/C16H22O4/c1-2-3-4-5-6-7-12-20-16(19)14-10-8-13(9-11-14)15(17)18/h8-11H,2-7,12H2,1H3,(H,17,18)/p-1. The zero-order chi connectivity index (χ0) is 14.8. The number of benzene rings is 1. The summed E-state index contributed by atoms with van der Waals surface area (Å²) in [7, 11) is 0. The predicted octanol–water partition coefficient (Wildman–Crippen LogP) is 2.57. The third kappa shape index (κ3) is 5.87. The fourth-order valence-electron chi connectivity index (χ4n) is 1.87. The highest BCUT2D eigenvalue weighted by Crippen LogP contribution is 2.08. The zero-order valence-electron chi connectivity index (χ0n) is 11.9. The quantitative estimate of drug-likeness (QED) is 0.514. The van der Waals surface area contributed by atoms with Crippen LogP contribution in [0.25, 0.3) is 0 Å². The second-order valence-electron chi connectivity index (χ2n) is 4.77. The van der Waals surface area contributed by atoms with Crippen molar-refractivity contribution in [2.75, 3.05) is 6.61 Å². The van der Waals surface area contributed by atoms with Gasteiger partial charge in [0.05, 0.1) is 18.1 Å². The molecule has 0 bridgehead atoms. The minimum atomic E-state index is -1.25. The largest absolute Gasteiger partial charge is 0.545 e. The van der Waals surface area contributed by atoms with E-state index >= 15 is 0 Å². The van der Waals surface area contributed by atoms with E-state index in [1.165, 1.54) is 49.9 Å². The second-order valence-corrected chi connectivity index (χ2v) is 4.77. The molecule has 0 aromatic heterocycles. The van der Waals surface area contributed by atoms with Gasteiger partial charge < -0.3 is 14.6 Å². The maximum atomic E-state index is 11.7. The Morgan fingerprint density at radius 2 is 1.50 bits per heavy atom. The molecule has 1 aromatic carbocycles. The molecule has 0 spiro atoms. The fourth-order valence-corrected chi connectivity index (χ4v) is 1.87. The lowest BCUT2D eigenvalue weighted by Crippen LogP contribution is -2.22. The second kappa shape index (κ2) is 9.13. The van der Waals surface area contributed by atoms with Gasteiger partial charge in [-0.15, -0.1) is 0 Å². The number of carboxylic acids is 1. The summed E-state index contributed by atoms with van der Waals surface area (Å²) in [5.74, 6) is -1.67. The molecule has 0 heterocycles. The van der Waals surface area contributed by atoms with Gasteiger partial charge in [0, 0.05) is 0 Å². The number of esters is 1. The molecule has 0 saturated carbocycles. The summed E-state index contributed by atoms with van der Waals surface area (Å²) in [6.07, 6.45) is 6.81. The lowest BCUT2D eigenvalue weighted by atomic mass is 10.1. The van der Waals surface area contributed by atoms with Crippen molar-refractivity contribution in [1.29, 1.82) is 0 Å². The number of rotatable bonds is 9. The number of unbranched alkanes of at least 4 members (excludes halogenated alkanes) is 5. The van der Waals surface area contributed by atoms with E-state index in [1.54, 1.807) is 0 Å². The minimum absolute atomic E-state index is 0.0532. The van der Waals surface area contributed by atoms with E-state index in [0.29, 0.717) is 12.2 Å². The van der Waals surface area contributed by atoms with Crippen molar-refractivity contribution in [3.63, 3.8) is 0 Å². The van der Waals surface area contributed by atoms with Crippen molar-refractivity contribution in [3.8, 4) is 0 Å². The van der Waals surface area contributed by atoms with Gasteiger partial charge in [0.25, 0.3) is 0 Å². The average Bonchev–Trinajstić information content (AvgIpc) is 2.46. The van der Waals surface area contributed by atoms with Gasteiger partial charge in [-0.25, -0.2) is 4.79 Å². The number of carbonyl (C=O) groups is 2. The van der Waals surface area contributed by atoms with Crippen molar-refractivity contribution in [2.24, 2.45) is 0 Å². The Labute approximate surface area is 119 Å². The van der Waals surface area contributed by atoms with Crippen molar-refractivity contribution in [3.05, 3.63) is 35.4 Å². The number of aromatic carboxylic acids is 1. The van der Waals surface area contributed by atoms with Crippen LogP contribution in [0.4, 0.5) is 0 Å². The van der Waals surface area contributed by atoms with E-state index in [2.05, 4.69) is 6.92 Å². The molecule has 0 atom stereocenters. The number of carboxylic acid groups (broad SMARTS) is 1. The van der Waals surface area contributed by atoms with E-state index in [1.807, 2.05) is 0 Å². The van der Waals surface area contributed by atoms with E-state index < -0.39 is 11.9 Å². The molecule has 0 amide bonds. The van der Waals surface area contributed by atoms with Gasteiger partial charge in [-0.3, -0.25) is 0 Å². The number of hydrogen-bond donors (Lipinski definition) is 0. The highest BCUT2D eigenvalue weighted by Gasteiger charge is 2.06. The summed E-state index contributed by atoms with van der Waals surface area (Å²) >= 11 is 0. The first-order chi connectivity index (χ1) is 9.65. The monoisotopic (exact) mass is 277 g/mol. The summed E-state index contributed by atoms with van der Waals surface area (Å²) in [4.78, 5) is 22.2. The molecule has 0 aliphatic carbocycles. The first-order valence-corrected chi connectivity index (χ1v) is 7.13. The highest BCUT2D eigenvalue weighted by molar-refractivity contribution is 5.91. The van der Waals surface area contributed by atoms with Gasteiger partial charge in [-0.1, -0.05) is 51.2 Å². The van der Waals surface area contributed by atoms with Crippen LogP contribution in [0.15, 0.2) is 24.3 Å². The smallest absolute Gasteiger partial charge is 0.338 e. The van der Waals surface area contributed by atoms with Crippen molar-refractivity contribution in [1.82, 2.24) is 0 Å². The van der Waals surface area contributed by atoms with Gasteiger partial charge in [0.1, 0.15) is 0 Å². The van der Waals surface area contributed by atoms with Crippen LogP contribution in [0.1, 0.15) is 66.2 Å². The molecule has 1 rings (SSSR count). The highest BCUT2D eigenvalue weighted by atomic mass is 16.5. The fraction of sp³-hybridized carbons (Fsp3) is 0.500. The summed E-state index contributed by atoms with van der Waals surface area (Å²) in [6.45, 7) is 2.58. The molecule has 4 nitrogen and oxygen atoms in total. The summed E-state index contributed by atoms with van der Waals surface area (Å²) in [5, 5.41) is 10.6. The van der Waals surface area contributed by atoms with Gasteiger partial charge in [0.2, 0.25) is 0 Å². The normalized spacial score (nSPS) is 10.2. The SMILES string of the molecule is CCCCCCCCOC(=O)c1ccc(C(=O)[O-])cc1. The van der Waals surface area contributed by atoms with Crippen molar-refractivity contribution < 1.29 is 19.4 Å². The average molecular weight is 277 g/mol. The minimum Gasteiger partial charge on any atom is -0.545 e. The number of ether oxygens (including phenoxy) is 1. The van der Waals surface area contributed by atoms with Gasteiger partial charge >= 0.3 is 5.97 Å². The Bertz CT molecular complexity index is 423. The molecule has 0 aliphatic heterocycles. The number of carbonyl (C=O) groups excluding carboxylic acids is 2. The molecule has 0 radical (unpaired) electrons. The third-order valence-electron chi connectivity index (χ3n) is 3.09. The van der Waals surface area contributed by atoms with E-state index in [-0.39, 0.29) is 5.56 Å². The lowest BCUT2D eigenvalue weighted by molar-refractivity contribution is -0.255. The van der Waals surface area contributed by atoms with Crippen molar-refractivity contribution in [2.45, 2.75) is 45.4 Å². The summed E-state index contributed by atoms with van der Waals surface area (Å²) < 4.78 is 5.13. The Balaban J connectivity index is 2.24. The molecule has 0 unspecified atom stereocenters. The Hall–Kier alpha value is -1.84. The molecule has 0 fully saturated rings. The maximum absolute atomic E-state index is 11.7. The first kappa shape index (κ1) is 16.2. The molecule has 20 heavy (non-hydrogen) atoms. The Morgan fingerprint density at radius 3 is 2.10 bits per heavy atom. The molecule has 1 aromatic rings. The zero-order valence-corrected chi connectivity index (χ0v) is 11.9. The van der Waals surface area contributed by atoms with E-state index in [0.717, 1.165) is 12.8 Å². The van der Waals surface area contributed by atoms with Crippen LogP contribution in [-0.2, 0) is 4.74 Å². The molecule has 0 saturated heterocycles. The van der Waals surface area contributed by atoms with Crippen LogP contribution in [0, 0.1) is 0 Å². The maximum Gasteiger partial charge on any atom is 0.338 e. The Kier molecular flexibility index (Phi) is 7.40. The summed E-state index contributed by atoms with van der Waals surface area (Å²) in [6, 6.07) is 5.57. The van der Waals surface area contributed by atoms with Gasteiger partial charge in [-0.05, 0) is 24.1 Å².